The first-order valence-corrected chi connectivity index (χ1v) is 10.3. The molecule has 1 aliphatic carbocycles. The van der Waals surface area contributed by atoms with Gasteiger partial charge in [0.2, 0.25) is 0 Å². The van der Waals surface area contributed by atoms with E-state index < -0.39 is 0 Å². The normalized spacial score (nSPS) is 17.1. The average Bonchev–Trinajstić information content (AvgIpc) is 2.68. The van der Waals surface area contributed by atoms with Gasteiger partial charge in [0.25, 0.3) is 0 Å². The van der Waals surface area contributed by atoms with E-state index in [4.69, 9.17) is 4.74 Å². The minimum absolute atomic E-state index is 0.0571. The van der Waals surface area contributed by atoms with Crippen LogP contribution in [0.4, 0.5) is 0 Å². The third kappa shape index (κ3) is 4.46. The highest BCUT2D eigenvalue weighted by Crippen LogP contribution is 2.37. The maximum absolute atomic E-state index is 13.0. The van der Waals surface area contributed by atoms with Gasteiger partial charge in [-0.3, -0.25) is 4.79 Å². The lowest BCUT2D eigenvalue weighted by molar-refractivity contribution is -0.115. The number of ketones is 1. The summed E-state index contributed by atoms with van der Waals surface area (Å²) in [4.78, 5) is 13.0. The van der Waals surface area contributed by atoms with Crippen LogP contribution in [0.5, 0.6) is 5.75 Å². The number of aliphatic hydroxyl groups is 1. The fourth-order valence-corrected chi connectivity index (χ4v) is 4.14. The topological polar surface area (TPSA) is 46.5 Å². The molecule has 2 aromatic rings. The summed E-state index contributed by atoms with van der Waals surface area (Å²) in [5.41, 5.74) is 5.03. The van der Waals surface area contributed by atoms with Crippen molar-refractivity contribution in [2.75, 3.05) is 6.61 Å². The Bertz CT molecular complexity index is 840. The van der Waals surface area contributed by atoms with E-state index in [2.05, 4.69) is 32.9 Å². The maximum Gasteiger partial charge on any atom is 0.167 e. The Labute approximate surface area is 168 Å². The van der Waals surface area contributed by atoms with Crippen molar-refractivity contribution >= 4 is 11.4 Å². The monoisotopic (exact) mass is 378 g/mol. The van der Waals surface area contributed by atoms with Gasteiger partial charge in [0, 0.05) is 12.8 Å². The standard InChI is InChI=1S/C25H30O3/c1-4-19-13-17(3)14-20(5-2)24(19)25-22(26)15-18(16-23(25)27)11-12-28-21-9-7-6-8-10-21/h6-10,13-14,18,26H,4-5,11-12,15-16H2,1-3H3. The predicted octanol–water partition coefficient (Wildman–Crippen LogP) is 5.84. The van der Waals surface area contributed by atoms with E-state index >= 15 is 0 Å². The number of carbonyl (C=O) groups is 1. The summed E-state index contributed by atoms with van der Waals surface area (Å²) in [5, 5.41) is 10.8. The highest BCUT2D eigenvalue weighted by atomic mass is 16.5. The number of ether oxygens (including phenoxy) is 1. The number of para-hydroxylation sites is 1. The minimum Gasteiger partial charge on any atom is -0.512 e. The van der Waals surface area contributed by atoms with E-state index in [0.29, 0.717) is 25.0 Å². The Morgan fingerprint density at radius 3 is 2.25 bits per heavy atom. The fraction of sp³-hybridized carbons (Fsp3) is 0.400. The maximum atomic E-state index is 13.0. The molecule has 0 bridgehead atoms. The summed E-state index contributed by atoms with van der Waals surface area (Å²) in [6, 6.07) is 14.0. The highest BCUT2D eigenvalue weighted by molar-refractivity contribution is 6.22. The first kappa shape index (κ1) is 20.2. The van der Waals surface area contributed by atoms with Crippen molar-refractivity contribution in [3.63, 3.8) is 0 Å². The van der Waals surface area contributed by atoms with Crippen LogP contribution in [-0.2, 0) is 17.6 Å². The molecular formula is C25H30O3. The van der Waals surface area contributed by atoms with Crippen molar-refractivity contribution in [2.45, 2.75) is 52.9 Å². The molecule has 0 amide bonds. The molecule has 0 fully saturated rings. The number of allylic oxidation sites excluding steroid dienone is 2. The second-order valence-corrected chi connectivity index (χ2v) is 7.63. The van der Waals surface area contributed by atoms with Gasteiger partial charge in [-0.1, -0.05) is 49.7 Å². The Hall–Kier alpha value is -2.55. The van der Waals surface area contributed by atoms with Crippen molar-refractivity contribution in [2.24, 2.45) is 5.92 Å². The Balaban J connectivity index is 1.78. The number of aryl methyl sites for hydroxylation is 3. The number of carbonyl (C=O) groups excluding carboxylic acids is 1. The molecule has 28 heavy (non-hydrogen) atoms. The molecule has 2 aromatic carbocycles. The molecule has 1 N–H and O–H groups in total. The summed E-state index contributed by atoms with van der Waals surface area (Å²) in [7, 11) is 0. The van der Waals surface area contributed by atoms with Crippen LogP contribution in [0.2, 0.25) is 0 Å². The van der Waals surface area contributed by atoms with Gasteiger partial charge in [0.1, 0.15) is 11.5 Å². The third-order valence-corrected chi connectivity index (χ3v) is 5.52. The van der Waals surface area contributed by atoms with Crippen LogP contribution in [0, 0.1) is 12.8 Å². The highest BCUT2D eigenvalue weighted by Gasteiger charge is 2.30. The first-order valence-electron chi connectivity index (χ1n) is 10.3. The van der Waals surface area contributed by atoms with Crippen molar-refractivity contribution in [3.8, 4) is 5.75 Å². The third-order valence-electron chi connectivity index (χ3n) is 5.52. The molecule has 0 radical (unpaired) electrons. The van der Waals surface area contributed by atoms with E-state index in [1.54, 1.807) is 0 Å². The molecular weight excluding hydrogens is 348 g/mol. The summed E-state index contributed by atoms with van der Waals surface area (Å²) < 4.78 is 5.77. The first-order chi connectivity index (χ1) is 13.5. The number of benzene rings is 2. The average molecular weight is 379 g/mol. The zero-order chi connectivity index (χ0) is 20.1. The Morgan fingerprint density at radius 2 is 1.68 bits per heavy atom. The molecule has 0 aliphatic heterocycles. The van der Waals surface area contributed by atoms with Gasteiger partial charge in [-0.15, -0.1) is 0 Å². The van der Waals surface area contributed by atoms with E-state index in [9.17, 15) is 9.90 Å². The van der Waals surface area contributed by atoms with Crippen LogP contribution in [0.15, 0.2) is 48.2 Å². The van der Waals surface area contributed by atoms with Crippen molar-refractivity contribution in [1.29, 1.82) is 0 Å². The molecule has 1 aliphatic rings. The largest absolute Gasteiger partial charge is 0.512 e. The van der Waals surface area contributed by atoms with E-state index in [1.807, 2.05) is 30.3 Å². The molecule has 3 rings (SSSR count). The van der Waals surface area contributed by atoms with Crippen LogP contribution >= 0.6 is 0 Å². The molecule has 0 spiro atoms. The number of hydrogen-bond donors (Lipinski definition) is 1. The van der Waals surface area contributed by atoms with Crippen LogP contribution < -0.4 is 4.74 Å². The van der Waals surface area contributed by atoms with Gasteiger partial charge < -0.3 is 9.84 Å². The van der Waals surface area contributed by atoms with Gasteiger partial charge in [-0.2, -0.15) is 0 Å². The van der Waals surface area contributed by atoms with Crippen LogP contribution in [-0.4, -0.2) is 17.5 Å². The van der Waals surface area contributed by atoms with Crippen LogP contribution in [0.3, 0.4) is 0 Å². The van der Waals surface area contributed by atoms with Gasteiger partial charge in [-0.25, -0.2) is 0 Å². The summed E-state index contributed by atoms with van der Waals surface area (Å²) in [5.74, 6) is 1.27. The van der Waals surface area contributed by atoms with Gasteiger partial charge in [-0.05, 0) is 60.9 Å². The molecule has 1 unspecified atom stereocenters. The van der Waals surface area contributed by atoms with Crippen LogP contribution in [0.25, 0.3) is 5.57 Å². The second-order valence-electron chi connectivity index (χ2n) is 7.63. The summed E-state index contributed by atoms with van der Waals surface area (Å²) in [6.07, 6.45) is 3.47. The minimum atomic E-state index is 0.0571. The van der Waals surface area contributed by atoms with Gasteiger partial charge in [0.15, 0.2) is 5.78 Å². The summed E-state index contributed by atoms with van der Waals surface area (Å²) >= 11 is 0. The van der Waals surface area contributed by atoms with Gasteiger partial charge in [0.05, 0.1) is 12.2 Å². The number of rotatable bonds is 7. The van der Waals surface area contributed by atoms with E-state index in [-0.39, 0.29) is 17.5 Å². The molecule has 0 heterocycles. The molecule has 148 valence electrons. The molecule has 1 atom stereocenters. The molecule has 0 saturated heterocycles. The lowest BCUT2D eigenvalue weighted by atomic mass is 9.79. The second kappa shape index (κ2) is 9.09. The smallest absolute Gasteiger partial charge is 0.167 e. The van der Waals surface area contributed by atoms with E-state index in [1.165, 1.54) is 5.56 Å². The van der Waals surface area contributed by atoms with Crippen molar-refractivity contribution in [1.82, 2.24) is 0 Å². The quantitative estimate of drug-likeness (QED) is 0.658. The predicted molar refractivity (Wildman–Crippen MR) is 114 cm³/mol. The SMILES string of the molecule is CCc1cc(C)cc(CC)c1C1=C(O)CC(CCOc2ccccc2)CC1=O. The lowest BCUT2D eigenvalue weighted by Gasteiger charge is -2.26. The van der Waals surface area contributed by atoms with Crippen molar-refractivity contribution in [3.05, 3.63) is 70.5 Å². The Kier molecular flexibility index (Phi) is 6.56. The Morgan fingerprint density at radius 1 is 1.04 bits per heavy atom. The van der Waals surface area contributed by atoms with Gasteiger partial charge >= 0.3 is 0 Å². The number of aliphatic hydroxyl groups excluding tert-OH is 1. The van der Waals surface area contributed by atoms with Crippen molar-refractivity contribution < 1.29 is 14.6 Å². The zero-order valence-corrected chi connectivity index (χ0v) is 17.1. The number of hydrogen-bond acceptors (Lipinski definition) is 3. The lowest BCUT2D eigenvalue weighted by Crippen LogP contribution is -2.22. The zero-order valence-electron chi connectivity index (χ0n) is 17.1. The molecule has 0 aromatic heterocycles. The molecule has 3 heteroatoms. The summed E-state index contributed by atoms with van der Waals surface area (Å²) in [6.45, 7) is 6.84. The fourth-order valence-electron chi connectivity index (χ4n) is 4.14. The number of Topliss-reactive ketones (excluding diaryl/α,β-unsaturated/α-hetero) is 1. The van der Waals surface area contributed by atoms with Crippen LogP contribution in [0.1, 0.15) is 55.4 Å². The van der Waals surface area contributed by atoms with E-state index in [0.717, 1.165) is 41.7 Å². The molecule has 0 saturated carbocycles. The molecule has 3 nitrogen and oxygen atoms in total.